The lowest BCUT2D eigenvalue weighted by atomic mass is 9.83. The number of piperidine rings is 1. The molecule has 2 aliphatic rings. The van der Waals surface area contributed by atoms with Crippen molar-refractivity contribution in [1.82, 2.24) is 5.32 Å². The smallest absolute Gasteiger partial charge is 0.139 e. The van der Waals surface area contributed by atoms with Crippen LogP contribution < -0.4 is 5.32 Å². The van der Waals surface area contributed by atoms with Crippen molar-refractivity contribution in [1.29, 1.82) is 0 Å². The molecule has 0 amide bonds. The Morgan fingerprint density at radius 1 is 1.25 bits per heavy atom. The van der Waals surface area contributed by atoms with Gasteiger partial charge in [-0.2, -0.15) is 0 Å². The van der Waals surface area contributed by atoms with E-state index >= 15 is 0 Å². The Morgan fingerprint density at radius 3 is 2.56 bits per heavy atom. The van der Waals surface area contributed by atoms with E-state index in [1.165, 1.54) is 0 Å². The van der Waals surface area contributed by atoms with Crippen LogP contribution in [0.5, 0.6) is 0 Å². The van der Waals surface area contributed by atoms with Gasteiger partial charge in [0.15, 0.2) is 0 Å². The van der Waals surface area contributed by atoms with Crippen LogP contribution in [-0.2, 0) is 5.67 Å². The summed E-state index contributed by atoms with van der Waals surface area (Å²) in [7, 11) is 0. The lowest BCUT2D eigenvalue weighted by Gasteiger charge is -2.35. The van der Waals surface area contributed by atoms with Gasteiger partial charge < -0.3 is 5.32 Å². The molecule has 3 rings (SSSR count). The lowest BCUT2D eigenvalue weighted by molar-refractivity contribution is 0.0874. The highest BCUT2D eigenvalue weighted by Crippen LogP contribution is 2.44. The Balaban J connectivity index is 1.93. The molecule has 3 atom stereocenters. The maximum absolute atomic E-state index is 14.9. The normalized spacial score (nSPS) is 37.6. The fourth-order valence-electron chi connectivity index (χ4n) is 3.09. The third-order valence-corrected chi connectivity index (χ3v) is 4.05. The molecule has 16 heavy (non-hydrogen) atoms. The molecule has 3 heteroatoms. The second-order valence-electron chi connectivity index (χ2n) is 5.02. The molecule has 1 N–H and O–H groups in total. The highest BCUT2D eigenvalue weighted by molar-refractivity contribution is 6.30. The molecule has 2 fully saturated rings. The molecule has 0 aliphatic carbocycles. The molecule has 1 aromatic carbocycles. The zero-order chi connectivity index (χ0) is 11.2. The lowest BCUT2D eigenvalue weighted by Crippen LogP contribution is -2.44. The van der Waals surface area contributed by atoms with Crippen LogP contribution in [0, 0.1) is 0 Å². The van der Waals surface area contributed by atoms with Gasteiger partial charge >= 0.3 is 0 Å². The minimum Gasteiger partial charge on any atom is -0.311 e. The van der Waals surface area contributed by atoms with Crippen molar-refractivity contribution in [3.8, 4) is 0 Å². The number of hydrogen-bond donors (Lipinski definition) is 1. The maximum atomic E-state index is 14.9. The number of fused-ring (bicyclic) bond motifs is 2. The van der Waals surface area contributed by atoms with Crippen LogP contribution in [0.25, 0.3) is 0 Å². The molecule has 0 saturated carbocycles. The van der Waals surface area contributed by atoms with E-state index in [-0.39, 0.29) is 0 Å². The van der Waals surface area contributed by atoms with Crippen molar-refractivity contribution in [2.24, 2.45) is 0 Å². The first kappa shape index (κ1) is 10.5. The van der Waals surface area contributed by atoms with Crippen LogP contribution in [0.1, 0.15) is 31.2 Å². The van der Waals surface area contributed by atoms with Gasteiger partial charge in [-0.3, -0.25) is 0 Å². The minimum absolute atomic E-state index is 0.350. The summed E-state index contributed by atoms with van der Waals surface area (Å²) < 4.78 is 14.9. The van der Waals surface area contributed by atoms with Crippen molar-refractivity contribution in [3.63, 3.8) is 0 Å². The van der Waals surface area contributed by atoms with Crippen molar-refractivity contribution >= 4 is 11.6 Å². The number of alkyl halides is 1. The Bertz CT molecular complexity index is 395. The van der Waals surface area contributed by atoms with Gasteiger partial charge in [0, 0.05) is 29.9 Å². The SMILES string of the molecule is FC1(c2cccc(Cl)c2)C[C@H]2CC[C@@H](C1)N2. The fourth-order valence-corrected chi connectivity index (χ4v) is 3.28. The van der Waals surface area contributed by atoms with Crippen LogP contribution >= 0.6 is 11.6 Å². The average Bonchev–Trinajstić information content (AvgIpc) is 2.59. The van der Waals surface area contributed by atoms with E-state index in [0.29, 0.717) is 29.9 Å². The summed E-state index contributed by atoms with van der Waals surface area (Å²) in [5.41, 5.74) is -0.430. The molecule has 0 radical (unpaired) electrons. The van der Waals surface area contributed by atoms with Crippen molar-refractivity contribution in [2.75, 3.05) is 0 Å². The third kappa shape index (κ3) is 1.74. The second-order valence-corrected chi connectivity index (χ2v) is 5.46. The van der Waals surface area contributed by atoms with Gasteiger partial charge in [0.05, 0.1) is 0 Å². The number of halogens is 2. The molecule has 0 spiro atoms. The van der Waals surface area contributed by atoms with Crippen molar-refractivity contribution in [2.45, 2.75) is 43.4 Å². The summed E-state index contributed by atoms with van der Waals surface area (Å²) in [6, 6.07) is 7.96. The molecule has 1 aromatic rings. The number of benzene rings is 1. The molecule has 1 nitrogen and oxygen atoms in total. The van der Waals surface area contributed by atoms with Gasteiger partial charge in [-0.05, 0) is 30.5 Å². The van der Waals surface area contributed by atoms with Crippen LogP contribution in [0.4, 0.5) is 4.39 Å². The summed E-state index contributed by atoms with van der Waals surface area (Å²) in [6.45, 7) is 0. The Hall–Kier alpha value is -0.600. The molecule has 1 unspecified atom stereocenters. The van der Waals surface area contributed by atoms with Gasteiger partial charge in [0.2, 0.25) is 0 Å². The molecule has 2 heterocycles. The van der Waals surface area contributed by atoms with Crippen LogP contribution in [0.3, 0.4) is 0 Å². The van der Waals surface area contributed by atoms with Gasteiger partial charge in [-0.25, -0.2) is 4.39 Å². The van der Waals surface area contributed by atoms with E-state index in [1.54, 1.807) is 12.1 Å². The standard InChI is InChI=1S/C13H15ClFN/c14-10-3-1-2-9(6-10)13(15)7-11-4-5-12(8-13)16-11/h1-3,6,11-12,16H,4-5,7-8H2/t11-,12+,13?. The minimum atomic E-state index is -1.18. The van der Waals surface area contributed by atoms with Crippen LogP contribution in [-0.4, -0.2) is 12.1 Å². The second kappa shape index (κ2) is 3.71. The van der Waals surface area contributed by atoms with E-state index in [0.717, 1.165) is 18.4 Å². The summed E-state index contributed by atoms with van der Waals surface area (Å²) in [4.78, 5) is 0. The van der Waals surface area contributed by atoms with Gasteiger partial charge in [-0.1, -0.05) is 23.7 Å². The van der Waals surface area contributed by atoms with Gasteiger partial charge in [-0.15, -0.1) is 0 Å². The van der Waals surface area contributed by atoms with E-state index in [9.17, 15) is 4.39 Å². The largest absolute Gasteiger partial charge is 0.311 e. The predicted octanol–water partition coefficient (Wildman–Crippen LogP) is 3.42. The molecule has 2 saturated heterocycles. The zero-order valence-electron chi connectivity index (χ0n) is 9.05. The summed E-state index contributed by atoms with van der Waals surface area (Å²) in [6.07, 6.45) is 3.39. The summed E-state index contributed by atoms with van der Waals surface area (Å²) in [5.74, 6) is 0. The molecular formula is C13H15ClFN. The molecular weight excluding hydrogens is 225 g/mol. The first-order valence-electron chi connectivity index (χ1n) is 5.87. The Morgan fingerprint density at radius 2 is 1.94 bits per heavy atom. The molecule has 2 bridgehead atoms. The highest BCUT2D eigenvalue weighted by Gasteiger charge is 2.45. The van der Waals surface area contributed by atoms with E-state index in [4.69, 9.17) is 11.6 Å². The Kier molecular flexibility index (Phi) is 2.45. The van der Waals surface area contributed by atoms with Crippen LogP contribution in [0.15, 0.2) is 24.3 Å². The third-order valence-electron chi connectivity index (χ3n) is 3.82. The van der Waals surface area contributed by atoms with E-state index in [1.807, 2.05) is 12.1 Å². The van der Waals surface area contributed by atoms with Gasteiger partial charge in [0.1, 0.15) is 5.67 Å². The first-order valence-corrected chi connectivity index (χ1v) is 6.24. The monoisotopic (exact) mass is 239 g/mol. The zero-order valence-corrected chi connectivity index (χ0v) is 9.80. The average molecular weight is 240 g/mol. The summed E-state index contributed by atoms with van der Waals surface area (Å²) in [5, 5.41) is 4.08. The number of rotatable bonds is 1. The quantitative estimate of drug-likeness (QED) is 0.792. The first-order chi connectivity index (χ1) is 7.66. The predicted molar refractivity (Wildman–Crippen MR) is 63.4 cm³/mol. The van der Waals surface area contributed by atoms with Crippen molar-refractivity contribution < 1.29 is 4.39 Å². The van der Waals surface area contributed by atoms with E-state index in [2.05, 4.69) is 5.32 Å². The van der Waals surface area contributed by atoms with Crippen LogP contribution in [0.2, 0.25) is 5.02 Å². The molecule has 2 aliphatic heterocycles. The fraction of sp³-hybridized carbons (Fsp3) is 0.538. The molecule has 86 valence electrons. The number of hydrogen-bond acceptors (Lipinski definition) is 1. The maximum Gasteiger partial charge on any atom is 0.139 e. The van der Waals surface area contributed by atoms with Gasteiger partial charge in [0.25, 0.3) is 0 Å². The summed E-state index contributed by atoms with van der Waals surface area (Å²) >= 11 is 5.93. The van der Waals surface area contributed by atoms with Crippen molar-refractivity contribution in [3.05, 3.63) is 34.9 Å². The van der Waals surface area contributed by atoms with E-state index < -0.39 is 5.67 Å². The topological polar surface area (TPSA) is 12.0 Å². The molecule has 0 aromatic heterocycles. The number of nitrogens with one attached hydrogen (secondary N) is 1. The highest BCUT2D eigenvalue weighted by atomic mass is 35.5. The Labute approximate surface area is 100.0 Å².